The fraction of sp³-hybridized carbons (Fsp3) is 0.357. The number of carbonyl (C=O) groups excluding carboxylic acids is 1. The molecule has 21 heavy (non-hydrogen) atoms. The Kier molecular flexibility index (Phi) is 6.33. The number of carbonyl (C=O) groups is 1. The van der Waals surface area contributed by atoms with E-state index in [4.69, 9.17) is 0 Å². The van der Waals surface area contributed by atoms with Gasteiger partial charge in [0.15, 0.2) is 5.69 Å². The molecule has 0 bridgehead atoms. The first-order valence-corrected chi connectivity index (χ1v) is 6.62. The standard InChI is InChI=1S/C14H18N4O2.ClH/c1-3-15-9(2)8-16-14(20)12-10-6-4-5-7-11(10)13(19)18-17-12;/h4-7,9,15H,3,8H2,1-2H3,(H,16,20)(H,18,19);1H/t9-;/m1./s1. The average molecular weight is 311 g/mol. The molecule has 1 aromatic heterocycles. The van der Waals surface area contributed by atoms with E-state index in [1.165, 1.54) is 0 Å². The van der Waals surface area contributed by atoms with Crippen molar-refractivity contribution in [1.82, 2.24) is 20.8 Å². The van der Waals surface area contributed by atoms with Crippen molar-refractivity contribution < 1.29 is 4.79 Å². The van der Waals surface area contributed by atoms with E-state index >= 15 is 0 Å². The van der Waals surface area contributed by atoms with Gasteiger partial charge in [0.2, 0.25) is 0 Å². The zero-order chi connectivity index (χ0) is 14.5. The Bertz CT molecular complexity index is 671. The molecular weight excluding hydrogens is 292 g/mol. The van der Waals surface area contributed by atoms with E-state index in [0.717, 1.165) is 6.54 Å². The topological polar surface area (TPSA) is 86.9 Å². The minimum absolute atomic E-state index is 0. The van der Waals surface area contributed by atoms with Gasteiger partial charge in [-0.2, -0.15) is 5.10 Å². The fourth-order valence-corrected chi connectivity index (χ4v) is 2.04. The highest BCUT2D eigenvalue weighted by Gasteiger charge is 2.14. The van der Waals surface area contributed by atoms with Gasteiger partial charge in [-0.1, -0.05) is 25.1 Å². The second-order valence-electron chi connectivity index (χ2n) is 4.62. The summed E-state index contributed by atoms with van der Waals surface area (Å²) in [4.78, 5) is 23.8. The number of likely N-dealkylation sites (N-methyl/N-ethyl adjacent to an activating group) is 1. The molecule has 0 saturated heterocycles. The Labute approximate surface area is 128 Å². The van der Waals surface area contributed by atoms with Crippen LogP contribution in [0.15, 0.2) is 29.1 Å². The molecule has 0 spiro atoms. The summed E-state index contributed by atoms with van der Waals surface area (Å²) in [5, 5.41) is 13.3. The number of nitrogens with one attached hydrogen (secondary N) is 3. The lowest BCUT2D eigenvalue weighted by atomic mass is 10.1. The lowest BCUT2D eigenvalue weighted by Crippen LogP contribution is -2.39. The third-order valence-electron chi connectivity index (χ3n) is 3.03. The van der Waals surface area contributed by atoms with Gasteiger partial charge in [0, 0.05) is 18.0 Å². The quantitative estimate of drug-likeness (QED) is 0.771. The van der Waals surface area contributed by atoms with Gasteiger partial charge >= 0.3 is 0 Å². The third kappa shape index (κ3) is 4.03. The van der Waals surface area contributed by atoms with E-state index in [1.54, 1.807) is 24.3 Å². The first-order chi connectivity index (χ1) is 9.63. The Balaban J connectivity index is 0.00000220. The van der Waals surface area contributed by atoms with Crippen molar-refractivity contribution in [2.45, 2.75) is 19.9 Å². The molecule has 0 unspecified atom stereocenters. The Morgan fingerprint density at radius 3 is 2.67 bits per heavy atom. The molecule has 0 radical (unpaired) electrons. The highest BCUT2D eigenvalue weighted by molar-refractivity contribution is 6.04. The predicted octanol–water partition coefficient (Wildman–Crippen LogP) is 1.07. The van der Waals surface area contributed by atoms with Gasteiger partial charge in [0.1, 0.15) is 0 Å². The molecule has 0 saturated carbocycles. The molecule has 6 nitrogen and oxygen atoms in total. The maximum atomic E-state index is 12.2. The van der Waals surface area contributed by atoms with Gasteiger partial charge < -0.3 is 10.6 Å². The second kappa shape index (κ2) is 7.75. The normalized spacial score (nSPS) is 11.7. The molecule has 0 aliphatic rings. The predicted molar refractivity (Wildman–Crippen MR) is 85.1 cm³/mol. The van der Waals surface area contributed by atoms with E-state index in [0.29, 0.717) is 17.3 Å². The Morgan fingerprint density at radius 1 is 1.33 bits per heavy atom. The molecule has 2 aromatic rings. The van der Waals surface area contributed by atoms with E-state index in [-0.39, 0.29) is 35.6 Å². The van der Waals surface area contributed by atoms with Crippen LogP contribution in [0.25, 0.3) is 10.8 Å². The Hall–Kier alpha value is -1.92. The first kappa shape index (κ1) is 17.1. The summed E-state index contributed by atoms with van der Waals surface area (Å²) >= 11 is 0. The highest BCUT2D eigenvalue weighted by atomic mass is 35.5. The van der Waals surface area contributed by atoms with Crippen molar-refractivity contribution >= 4 is 29.1 Å². The highest BCUT2D eigenvalue weighted by Crippen LogP contribution is 2.11. The summed E-state index contributed by atoms with van der Waals surface area (Å²) < 4.78 is 0. The van der Waals surface area contributed by atoms with Crippen LogP contribution < -0.4 is 16.2 Å². The van der Waals surface area contributed by atoms with E-state index in [1.807, 2.05) is 13.8 Å². The third-order valence-corrected chi connectivity index (χ3v) is 3.03. The molecule has 1 heterocycles. The number of fused-ring (bicyclic) bond motifs is 1. The van der Waals surface area contributed by atoms with Gasteiger partial charge in [0.05, 0.1) is 5.39 Å². The summed E-state index contributed by atoms with van der Waals surface area (Å²) in [5.74, 6) is -0.290. The summed E-state index contributed by atoms with van der Waals surface area (Å²) in [7, 11) is 0. The van der Waals surface area contributed by atoms with E-state index < -0.39 is 0 Å². The van der Waals surface area contributed by atoms with Crippen molar-refractivity contribution in [2.24, 2.45) is 0 Å². The van der Waals surface area contributed by atoms with Crippen LogP contribution in [0.1, 0.15) is 24.3 Å². The van der Waals surface area contributed by atoms with Gasteiger partial charge in [0.25, 0.3) is 11.5 Å². The monoisotopic (exact) mass is 310 g/mol. The average Bonchev–Trinajstić information content (AvgIpc) is 2.46. The van der Waals surface area contributed by atoms with Crippen LogP contribution in [-0.2, 0) is 0 Å². The van der Waals surface area contributed by atoms with Crippen LogP contribution in [0.4, 0.5) is 0 Å². The molecule has 0 aliphatic carbocycles. The SMILES string of the molecule is CCN[C@H](C)CNC(=O)c1n[nH]c(=O)c2ccccc12.Cl. The van der Waals surface area contributed by atoms with E-state index in [9.17, 15) is 9.59 Å². The van der Waals surface area contributed by atoms with Crippen molar-refractivity contribution in [3.63, 3.8) is 0 Å². The number of amides is 1. The van der Waals surface area contributed by atoms with E-state index in [2.05, 4.69) is 20.8 Å². The number of aromatic nitrogens is 2. The molecular formula is C14H19ClN4O2. The van der Waals surface area contributed by atoms with Gasteiger partial charge in [-0.3, -0.25) is 9.59 Å². The summed E-state index contributed by atoms with van der Waals surface area (Å²) in [6.45, 7) is 5.34. The molecule has 0 fully saturated rings. The molecule has 2 rings (SSSR count). The zero-order valence-corrected chi connectivity index (χ0v) is 12.8. The largest absolute Gasteiger partial charge is 0.349 e. The minimum atomic E-state index is -0.293. The maximum absolute atomic E-state index is 12.2. The van der Waals surface area contributed by atoms with Crippen molar-refractivity contribution in [3.8, 4) is 0 Å². The van der Waals surface area contributed by atoms with Gasteiger partial charge in [-0.15, -0.1) is 12.4 Å². The van der Waals surface area contributed by atoms with Crippen molar-refractivity contribution in [3.05, 3.63) is 40.3 Å². The van der Waals surface area contributed by atoms with Crippen LogP contribution in [-0.4, -0.2) is 35.2 Å². The fourth-order valence-electron chi connectivity index (χ4n) is 2.04. The second-order valence-corrected chi connectivity index (χ2v) is 4.62. The van der Waals surface area contributed by atoms with Crippen LogP contribution in [0, 0.1) is 0 Å². The number of rotatable bonds is 5. The molecule has 3 N–H and O–H groups in total. The summed E-state index contributed by atoms with van der Waals surface area (Å²) in [5.41, 5.74) is -0.0536. The smallest absolute Gasteiger partial charge is 0.272 e. The molecule has 1 aromatic carbocycles. The number of hydrogen-bond donors (Lipinski definition) is 3. The first-order valence-electron chi connectivity index (χ1n) is 6.62. The number of benzene rings is 1. The zero-order valence-electron chi connectivity index (χ0n) is 12.0. The summed E-state index contributed by atoms with van der Waals surface area (Å²) in [6.07, 6.45) is 0. The van der Waals surface area contributed by atoms with Crippen LogP contribution in [0.3, 0.4) is 0 Å². The van der Waals surface area contributed by atoms with Gasteiger partial charge in [-0.05, 0) is 19.5 Å². The number of halogens is 1. The van der Waals surface area contributed by atoms with Crippen molar-refractivity contribution in [1.29, 1.82) is 0 Å². The summed E-state index contributed by atoms with van der Waals surface area (Å²) in [6, 6.07) is 7.11. The minimum Gasteiger partial charge on any atom is -0.349 e. The number of H-pyrrole nitrogens is 1. The van der Waals surface area contributed by atoms with Gasteiger partial charge in [-0.25, -0.2) is 5.10 Å². The van der Waals surface area contributed by atoms with Crippen LogP contribution >= 0.6 is 12.4 Å². The Morgan fingerprint density at radius 2 is 2.00 bits per heavy atom. The van der Waals surface area contributed by atoms with Crippen LogP contribution in [0.2, 0.25) is 0 Å². The number of aromatic amines is 1. The van der Waals surface area contributed by atoms with Crippen LogP contribution in [0.5, 0.6) is 0 Å². The molecule has 114 valence electrons. The maximum Gasteiger partial charge on any atom is 0.272 e. The molecule has 1 amide bonds. The van der Waals surface area contributed by atoms with Crippen molar-refractivity contribution in [2.75, 3.05) is 13.1 Å². The molecule has 0 aliphatic heterocycles. The number of hydrogen-bond acceptors (Lipinski definition) is 4. The molecule has 1 atom stereocenters. The number of nitrogens with zero attached hydrogens (tertiary/aromatic N) is 1. The molecule has 7 heteroatoms. The lowest BCUT2D eigenvalue weighted by molar-refractivity contribution is 0.0946. The lowest BCUT2D eigenvalue weighted by Gasteiger charge is -2.13.